The van der Waals surface area contributed by atoms with Crippen molar-refractivity contribution < 1.29 is 9.53 Å². The summed E-state index contributed by atoms with van der Waals surface area (Å²) in [6.45, 7) is 0.760. The Labute approximate surface area is 119 Å². The minimum Gasteiger partial charge on any atom is -0.497 e. The number of nitrogens with zero attached hydrogens (tertiary/aromatic N) is 1. The number of hydrogen-bond donors (Lipinski definition) is 0. The fraction of sp³-hybridized carbons (Fsp3) is 0.412. The van der Waals surface area contributed by atoms with Crippen LogP contribution in [0.5, 0.6) is 5.75 Å². The van der Waals surface area contributed by atoms with E-state index in [0.717, 1.165) is 31.6 Å². The highest BCUT2D eigenvalue weighted by Crippen LogP contribution is 2.31. The Morgan fingerprint density at radius 2 is 1.85 bits per heavy atom. The fourth-order valence-electron chi connectivity index (χ4n) is 3.02. The van der Waals surface area contributed by atoms with Gasteiger partial charge in [0.2, 0.25) is 5.78 Å². The molecule has 1 aromatic carbocycles. The van der Waals surface area contributed by atoms with Gasteiger partial charge in [-0.05, 0) is 61.9 Å². The van der Waals surface area contributed by atoms with Crippen LogP contribution in [0.1, 0.15) is 42.5 Å². The number of rotatable bonds is 3. The molecule has 2 aliphatic rings. The molecule has 1 aliphatic heterocycles. The molecule has 3 heteroatoms. The van der Waals surface area contributed by atoms with Gasteiger partial charge in [-0.2, -0.15) is 0 Å². The van der Waals surface area contributed by atoms with Gasteiger partial charge in [0.1, 0.15) is 11.5 Å². The maximum absolute atomic E-state index is 12.6. The molecule has 0 spiro atoms. The first-order valence-electron chi connectivity index (χ1n) is 7.24. The summed E-state index contributed by atoms with van der Waals surface area (Å²) in [5.74, 6) is 0.825. The van der Waals surface area contributed by atoms with Crippen molar-refractivity contribution in [1.82, 2.24) is 0 Å². The summed E-state index contributed by atoms with van der Waals surface area (Å²) in [4.78, 5) is 17.2. The van der Waals surface area contributed by atoms with Crippen molar-refractivity contribution in [2.75, 3.05) is 13.7 Å². The molecule has 3 rings (SSSR count). The highest BCUT2D eigenvalue weighted by atomic mass is 16.5. The molecule has 0 radical (unpaired) electrons. The van der Waals surface area contributed by atoms with Gasteiger partial charge in [-0.3, -0.25) is 9.79 Å². The maximum Gasteiger partial charge on any atom is 0.211 e. The fourth-order valence-corrected chi connectivity index (χ4v) is 3.02. The van der Waals surface area contributed by atoms with Crippen molar-refractivity contribution in [1.29, 1.82) is 0 Å². The topological polar surface area (TPSA) is 38.7 Å². The van der Waals surface area contributed by atoms with Gasteiger partial charge in [0.25, 0.3) is 0 Å². The molecule has 3 nitrogen and oxygen atoms in total. The van der Waals surface area contributed by atoms with E-state index in [-0.39, 0.29) is 5.78 Å². The molecule has 0 unspecified atom stereocenters. The van der Waals surface area contributed by atoms with Gasteiger partial charge in [-0.1, -0.05) is 5.57 Å². The number of ether oxygens (including phenoxy) is 1. The van der Waals surface area contributed by atoms with Gasteiger partial charge in [-0.15, -0.1) is 0 Å². The number of carbonyl (C=O) groups is 1. The number of aliphatic imine (C=N–C) groups is 1. The number of ketones is 1. The monoisotopic (exact) mass is 269 g/mol. The quantitative estimate of drug-likeness (QED) is 0.786. The third kappa shape index (κ3) is 2.40. The summed E-state index contributed by atoms with van der Waals surface area (Å²) in [6, 6.07) is 7.29. The molecule has 0 saturated carbocycles. The van der Waals surface area contributed by atoms with Crippen LogP contribution in [0.3, 0.4) is 0 Å². The van der Waals surface area contributed by atoms with E-state index >= 15 is 0 Å². The average molecular weight is 269 g/mol. The average Bonchev–Trinajstić information content (AvgIpc) is 2.54. The largest absolute Gasteiger partial charge is 0.497 e. The lowest BCUT2D eigenvalue weighted by atomic mass is 9.83. The van der Waals surface area contributed by atoms with E-state index < -0.39 is 0 Å². The van der Waals surface area contributed by atoms with Crippen LogP contribution in [-0.4, -0.2) is 25.1 Å². The van der Waals surface area contributed by atoms with Crippen LogP contribution < -0.4 is 4.74 Å². The van der Waals surface area contributed by atoms with Crippen LogP contribution in [-0.2, 0) is 0 Å². The van der Waals surface area contributed by atoms with Gasteiger partial charge >= 0.3 is 0 Å². The molecule has 0 N–H and O–H groups in total. The number of hydrogen-bond acceptors (Lipinski definition) is 3. The molecule has 0 bridgehead atoms. The summed E-state index contributed by atoms with van der Waals surface area (Å²) in [7, 11) is 1.63. The van der Waals surface area contributed by atoms with Crippen LogP contribution in [0.25, 0.3) is 0 Å². The third-order valence-corrected chi connectivity index (χ3v) is 4.12. The van der Waals surface area contributed by atoms with Gasteiger partial charge in [0.05, 0.1) is 7.11 Å². The highest BCUT2D eigenvalue weighted by Gasteiger charge is 2.25. The molecular weight excluding hydrogens is 250 g/mol. The second kappa shape index (κ2) is 5.61. The van der Waals surface area contributed by atoms with Gasteiger partial charge in [-0.25, -0.2) is 0 Å². The summed E-state index contributed by atoms with van der Waals surface area (Å²) >= 11 is 0. The van der Waals surface area contributed by atoms with Crippen molar-refractivity contribution >= 4 is 11.5 Å². The molecule has 0 amide bonds. The van der Waals surface area contributed by atoms with Crippen LogP contribution in [0.4, 0.5) is 0 Å². The second-order valence-corrected chi connectivity index (χ2v) is 5.33. The molecule has 0 fully saturated rings. The lowest BCUT2D eigenvalue weighted by Crippen LogP contribution is -2.24. The Morgan fingerprint density at radius 1 is 1.10 bits per heavy atom. The van der Waals surface area contributed by atoms with E-state index in [1.165, 1.54) is 24.0 Å². The smallest absolute Gasteiger partial charge is 0.211 e. The Morgan fingerprint density at radius 3 is 2.60 bits per heavy atom. The zero-order chi connectivity index (χ0) is 13.9. The van der Waals surface area contributed by atoms with Gasteiger partial charge in [0, 0.05) is 12.1 Å². The number of dihydropyridines is 1. The second-order valence-electron chi connectivity index (χ2n) is 5.33. The van der Waals surface area contributed by atoms with E-state index in [4.69, 9.17) is 4.74 Å². The molecule has 0 aromatic heterocycles. The van der Waals surface area contributed by atoms with Crippen LogP contribution in [0.2, 0.25) is 0 Å². The zero-order valence-electron chi connectivity index (χ0n) is 11.8. The predicted molar refractivity (Wildman–Crippen MR) is 79.7 cm³/mol. The molecule has 1 heterocycles. The molecule has 1 aliphatic carbocycles. The summed E-state index contributed by atoms with van der Waals surface area (Å²) in [5, 5.41) is 0. The van der Waals surface area contributed by atoms with E-state index in [1.807, 2.05) is 24.3 Å². The first-order chi connectivity index (χ1) is 9.79. The summed E-state index contributed by atoms with van der Waals surface area (Å²) < 4.78 is 5.13. The van der Waals surface area contributed by atoms with Crippen LogP contribution in [0, 0.1) is 0 Å². The lowest BCUT2D eigenvalue weighted by molar-refractivity contribution is 0.106. The standard InChI is InChI=1S/C17H19NO2/c1-20-14-8-6-13(7-9-14)17(19)16-15-5-3-2-4-12(15)10-11-18-16/h6-9H,2-5,10-11H2,1H3. The molecule has 1 aromatic rings. The normalized spacial score (nSPS) is 18.4. The molecule has 0 atom stereocenters. The Hall–Kier alpha value is -1.90. The SMILES string of the molecule is COc1ccc(C(=O)C2=NCCC3=C2CCCC3)cc1. The van der Waals surface area contributed by atoms with Gasteiger partial charge < -0.3 is 4.74 Å². The van der Waals surface area contributed by atoms with E-state index in [0.29, 0.717) is 11.3 Å². The minimum absolute atomic E-state index is 0.0572. The van der Waals surface area contributed by atoms with Crippen molar-refractivity contribution in [2.24, 2.45) is 4.99 Å². The highest BCUT2D eigenvalue weighted by molar-refractivity contribution is 6.51. The maximum atomic E-state index is 12.6. The summed E-state index contributed by atoms with van der Waals surface area (Å²) in [6.07, 6.45) is 5.62. The molecule has 0 saturated heterocycles. The first-order valence-corrected chi connectivity index (χ1v) is 7.24. The number of methoxy groups -OCH3 is 1. The van der Waals surface area contributed by atoms with Crippen molar-refractivity contribution in [3.05, 3.63) is 41.0 Å². The number of carbonyl (C=O) groups excluding carboxylic acids is 1. The summed E-state index contributed by atoms with van der Waals surface area (Å²) in [5.41, 5.74) is 4.09. The van der Waals surface area contributed by atoms with Crippen molar-refractivity contribution in [3.8, 4) is 5.75 Å². The zero-order valence-corrected chi connectivity index (χ0v) is 11.8. The Balaban J connectivity index is 1.89. The first kappa shape index (κ1) is 13.1. The third-order valence-electron chi connectivity index (χ3n) is 4.12. The molecule has 104 valence electrons. The number of Topliss-reactive ketones (excluding diaryl/α,β-unsaturated/α-hetero) is 1. The van der Waals surface area contributed by atoms with E-state index in [2.05, 4.69) is 4.99 Å². The van der Waals surface area contributed by atoms with Crippen LogP contribution in [0.15, 0.2) is 40.4 Å². The Kier molecular flexibility index (Phi) is 3.68. The molecule has 20 heavy (non-hydrogen) atoms. The molecular formula is C17H19NO2. The van der Waals surface area contributed by atoms with Crippen molar-refractivity contribution in [2.45, 2.75) is 32.1 Å². The number of allylic oxidation sites excluding steroid dienone is 1. The lowest BCUT2D eigenvalue weighted by Gasteiger charge is -2.24. The van der Waals surface area contributed by atoms with Crippen LogP contribution >= 0.6 is 0 Å². The number of benzene rings is 1. The van der Waals surface area contributed by atoms with E-state index in [1.54, 1.807) is 7.11 Å². The van der Waals surface area contributed by atoms with Gasteiger partial charge in [0.15, 0.2) is 0 Å². The predicted octanol–water partition coefficient (Wildman–Crippen LogP) is 3.59. The minimum atomic E-state index is 0.0572. The van der Waals surface area contributed by atoms with Crippen molar-refractivity contribution in [3.63, 3.8) is 0 Å². The Bertz CT molecular complexity index is 582. The van der Waals surface area contributed by atoms with E-state index in [9.17, 15) is 4.79 Å².